The van der Waals surface area contributed by atoms with Crippen LogP contribution in [0.3, 0.4) is 0 Å². The lowest BCUT2D eigenvalue weighted by atomic mass is 10.0. The van der Waals surface area contributed by atoms with Crippen molar-refractivity contribution in [3.63, 3.8) is 0 Å². The molecule has 0 bridgehead atoms. The number of benzene rings is 2. The molecule has 0 aliphatic carbocycles. The average Bonchev–Trinajstić information content (AvgIpc) is 3.09. The van der Waals surface area contributed by atoms with Gasteiger partial charge in [0.1, 0.15) is 5.75 Å². The summed E-state index contributed by atoms with van der Waals surface area (Å²) in [5.74, 6) is 0.867. The zero-order valence-electron chi connectivity index (χ0n) is 11.4. The maximum Gasteiger partial charge on any atom is 0.119 e. The molecule has 104 valence electrons. The van der Waals surface area contributed by atoms with Gasteiger partial charge in [0.2, 0.25) is 0 Å². The lowest BCUT2D eigenvalue weighted by Crippen LogP contribution is -1.81. The van der Waals surface area contributed by atoms with E-state index in [1.54, 1.807) is 7.11 Å². The molecule has 4 heteroatoms. The molecule has 2 N–H and O–H groups in total. The zero-order valence-corrected chi connectivity index (χ0v) is 13.0. The van der Waals surface area contributed by atoms with Crippen molar-refractivity contribution in [2.24, 2.45) is 0 Å². The van der Waals surface area contributed by atoms with Gasteiger partial charge in [-0.2, -0.15) is 0 Å². The molecule has 2 heterocycles. The third kappa shape index (κ3) is 1.94. The van der Waals surface area contributed by atoms with E-state index >= 15 is 0 Å². The van der Waals surface area contributed by atoms with Crippen LogP contribution in [0, 0.1) is 0 Å². The Kier molecular flexibility index (Phi) is 2.79. The second-order valence-electron chi connectivity index (χ2n) is 5.01. The number of aromatic amines is 2. The van der Waals surface area contributed by atoms with Crippen LogP contribution in [0.5, 0.6) is 5.75 Å². The highest BCUT2D eigenvalue weighted by molar-refractivity contribution is 9.10. The van der Waals surface area contributed by atoms with Crippen LogP contribution in [0.2, 0.25) is 0 Å². The van der Waals surface area contributed by atoms with E-state index in [1.807, 2.05) is 12.1 Å². The highest BCUT2D eigenvalue weighted by Gasteiger charge is 2.11. The summed E-state index contributed by atoms with van der Waals surface area (Å²) in [6, 6.07) is 12.4. The molecule has 0 saturated carbocycles. The predicted molar refractivity (Wildman–Crippen MR) is 89.8 cm³/mol. The quantitative estimate of drug-likeness (QED) is 0.524. The fourth-order valence-corrected chi connectivity index (χ4v) is 3.13. The highest BCUT2D eigenvalue weighted by Crippen LogP contribution is 2.36. The molecule has 21 heavy (non-hydrogen) atoms. The lowest BCUT2D eigenvalue weighted by molar-refractivity contribution is 0.415. The fraction of sp³-hybridized carbons (Fsp3) is 0.0588. The summed E-state index contributed by atoms with van der Waals surface area (Å²) >= 11 is 3.51. The average molecular weight is 341 g/mol. The van der Waals surface area contributed by atoms with E-state index in [0.717, 1.165) is 26.6 Å². The molecule has 0 saturated heterocycles. The first-order chi connectivity index (χ1) is 10.3. The van der Waals surface area contributed by atoms with Gasteiger partial charge in [-0.1, -0.05) is 22.0 Å². The van der Waals surface area contributed by atoms with Crippen molar-refractivity contribution < 1.29 is 4.74 Å². The smallest absolute Gasteiger partial charge is 0.119 e. The monoisotopic (exact) mass is 340 g/mol. The number of hydrogen-bond donors (Lipinski definition) is 2. The summed E-state index contributed by atoms with van der Waals surface area (Å²) in [5.41, 5.74) is 4.60. The molecular formula is C17H13BrN2O. The van der Waals surface area contributed by atoms with Gasteiger partial charge >= 0.3 is 0 Å². The molecule has 2 aromatic heterocycles. The van der Waals surface area contributed by atoms with Crippen molar-refractivity contribution in [2.45, 2.75) is 0 Å². The first-order valence-corrected chi connectivity index (χ1v) is 7.48. The van der Waals surface area contributed by atoms with E-state index in [-0.39, 0.29) is 0 Å². The molecule has 4 rings (SSSR count). The van der Waals surface area contributed by atoms with E-state index in [1.165, 1.54) is 16.5 Å². The molecular weight excluding hydrogens is 328 g/mol. The van der Waals surface area contributed by atoms with Gasteiger partial charge in [-0.3, -0.25) is 0 Å². The van der Waals surface area contributed by atoms with Crippen molar-refractivity contribution >= 4 is 37.7 Å². The van der Waals surface area contributed by atoms with E-state index in [0.29, 0.717) is 0 Å². The van der Waals surface area contributed by atoms with Crippen LogP contribution in [0.1, 0.15) is 0 Å². The minimum absolute atomic E-state index is 0.867. The van der Waals surface area contributed by atoms with Crippen molar-refractivity contribution in [2.75, 3.05) is 7.11 Å². The van der Waals surface area contributed by atoms with Gasteiger partial charge < -0.3 is 14.7 Å². The van der Waals surface area contributed by atoms with E-state index < -0.39 is 0 Å². The van der Waals surface area contributed by atoms with Crippen LogP contribution >= 0.6 is 15.9 Å². The van der Waals surface area contributed by atoms with Crippen LogP contribution in [0.25, 0.3) is 32.9 Å². The van der Waals surface area contributed by atoms with Crippen LogP contribution in [-0.4, -0.2) is 17.1 Å². The molecule has 4 aromatic rings. The number of rotatable bonds is 2. The summed E-state index contributed by atoms with van der Waals surface area (Å²) < 4.78 is 6.41. The standard InChI is InChI=1S/C17H13BrN2O/c1-21-11-3-5-16-13(7-11)15(9-19-16)14-8-20-17-6-10(18)2-4-12(14)17/h2-9,19-20H,1H3. The molecule has 0 amide bonds. The Hall–Kier alpha value is -2.20. The number of aromatic nitrogens is 2. The number of halogens is 1. The molecule has 0 aliphatic heterocycles. The number of fused-ring (bicyclic) bond motifs is 2. The summed E-state index contributed by atoms with van der Waals surface area (Å²) in [6.07, 6.45) is 4.11. The van der Waals surface area contributed by atoms with E-state index in [4.69, 9.17) is 4.74 Å². The van der Waals surface area contributed by atoms with Gasteiger partial charge in [-0.15, -0.1) is 0 Å². The SMILES string of the molecule is COc1ccc2[nH]cc(-c3c[nH]c4cc(Br)ccc34)c2c1. The molecule has 0 unspecified atom stereocenters. The number of hydrogen-bond acceptors (Lipinski definition) is 1. The maximum absolute atomic E-state index is 5.34. The van der Waals surface area contributed by atoms with Crippen molar-refractivity contribution in [3.05, 3.63) is 53.3 Å². The Morgan fingerprint density at radius 2 is 1.62 bits per heavy atom. The molecule has 0 radical (unpaired) electrons. The topological polar surface area (TPSA) is 40.8 Å². The Balaban J connectivity index is 1.99. The maximum atomic E-state index is 5.34. The van der Waals surface area contributed by atoms with Gasteiger partial charge in [0, 0.05) is 49.8 Å². The second-order valence-corrected chi connectivity index (χ2v) is 5.92. The second kappa shape index (κ2) is 4.67. The molecule has 0 aliphatic rings. The normalized spacial score (nSPS) is 11.3. The third-order valence-electron chi connectivity index (χ3n) is 3.82. The summed E-state index contributed by atoms with van der Waals surface area (Å²) in [7, 11) is 1.69. The predicted octanol–water partition coefficient (Wildman–Crippen LogP) is 5.09. The van der Waals surface area contributed by atoms with Gasteiger partial charge in [-0.05, 0) is 30.3 Å². The Morgan fingerprint density at radius 1 is 0.857 bits per heavy atom. The Bertz CT molecular complexity index is 952. The number of ether oxygens (including phenoxy) is 1. The molecule has 0 atom stereocenters. The van der Waals surface area contributed by atoms with Crippen molar-refractivity contribution in [1.29, 1.82) is 0 Å². The first kappa shape index (κ1) is 12.5. The highest BCUT2D eigenvalue weighted by atomic mass is 79.9. The summed E-state index contributed by atoms with van der Waals surface area (Å²) in [4.78, 5) is 6.66. The van der Waals surface area contributed by atoms with Gasteiger partial charge in [-0.25, -0.2) is 0 Å². The molecule has 0 spiro atoms. The van der Waals surface area contributed by atoms with E-state index in [9.17, 15) is 0 Å². The minimum Gasteiger partial charge on any atom is -0.497 e. The van der Waals surface area contributed by atoms with Gasteiger partial charge in [0.05, 0.1) is 7.11 Å². The van der Waals surface area contributed by atoms with Crippen LogP contribution in [-0.2, 0) is 0 Å². The molecule has 3 nitrogen and oxygen atoms in total. The molecule has 2 aromatic carbocycles. The number of methoxy groups -OCH3 is 1. The number of H-pyrrole nitrogens is 2. The molecule has 0 fully saturated rings. The summed E-state index contributed by atoms with van der Waals surface area (Å²) in [5, 5.41) is 2.38. The fourth-order valence-electron chi connectivity index (χ4n) is 2.77. The summed E-state index contributed by atoms with van der Waals surface area (Å²) in [6.45, 7) is 0. The minimum atomic E-state index is 0.867. The zero-order chi connectivity index (χ0) is 14.4. The van der Waals surface area contributed by atoms with Crippen LogP contribution in [0.4, 0.5) is 0 Å². The van der Waals surface area contributed by atoms with Gasteiger partial charge in [0.25, 0.3) is 0 Å². The van der Waals surface area contributed by atoms with Crippen molar-refractivity contribution in [1.82, 2.24) is 9.97 Å². The Morgan fingerprint density at radius 3 is 2.43 bits per heavy atom. The largest absolute Gasteiger partial charge is 0.497 e. The number of nitrogens with one attached hydrogen (secondary N) is 2. The lowest BCUT2D eigenvalue weighted by Gasteiger charge is -2.01. The van der Waals surface area contributed by atoms with Gasteiger partial charge in [0.15, 0.2) is 0 Å². The third-order valence-corrected chi connectivity index (χ3v) is 4.32. The van der Waals surface area contributed by atoms with Crippen molar-refractivity contribution in [3.8, 4) is 16.9 Å². The Labute approximate surface area is 130 Å². The van der Waals surface area contributed by atoms with Crippen LogP contribution < -0.4 is 4.74 Å². The first-order valence-electron chi connectivity index (χ1n) is 6.68. The van der Waals surface area contributed by atoms with E-state index in [2.05, 4.69) is 62.6 Å². The van der Waals surface area contributed by atoms with Crippen LogP contribution in [0.15, 0.2) is 53.3 Å².